The summed E-state index contributed by atoms with van der Waals surface area (Å²) in [5.74, 6) is 0.510. The van der Waals surface area contributed by atoms with E-state index in [-0.39, 0.29) is 17.9 Å². The Hall–Kier alpha value is -4.32. The number of aryl methyl sites for hydroxylation is 2. The normalized spacial score (nSPS) is 15.5. The smallest absolute Gasteiger partial charge is 0.290 e. The monoisotopic (exact) mass is 494 g/mol. The predicted octanol–water partition coefficient (Wildman–Crippen LogP) is 6.09. The molecule has 37 heavy (non-hydrogen) atoms. The van der Waals surface area contributed by atoms with Crippen molar-refractivity contribution in [2.75, 3.05) is 11.9 Å². The van der Waals surface area contributed by atoms with Crippen LogP contribution in [-0.4, -0.2) is 29.4 Å². The number of nitrogens with one attached hydrogen (secondary N) is 1. The second kappa shape index (κ2) is 10.3. The molecule has 5 rings (SSSR count). The highest BCUT2D eigenvalue weighted by Crippen LogP contribution is 2.38. The molecular weight excluding hydrogens is 464 g/mol. The number of furan rings is 1. The molecule has 0 aliphatic carbocycles. The van der Waals surface area contributed by atoms with Crippen molar-refractivity contribution >= 4 is 17.5 Å². The van der Waals surface area contributed by atoms with Gasteiger partial charge in [0.1, 0.15) is 5.75 Å². The number of fused-ring (bicyclic) bond motifs is 1. The molecule has 0 fully saturated rings. The molecule has 2 heterocycles. The van der Waals surface area contributed by atoms with Gasteiger partial charge in [-0.3, -0.25) is 9.59 Å². The quantitative estimate of drug-likeness (QED) is 0.352. The van der Waals surface area contributed by atoms with Crippen LogP contribution in [0, 0.1) is 13.8 Å². The minimum atomic E-state index is -0.707. The summed E-state index contributed by atoms with van der Waals surface area (Å²) in [5, 5.41) is 2.90. The van der Waals surface area contributed by atoms with E-state index in [0.717, 1.165) is 33.5 Å². The fraction of sp³-hybridized carbons (Fsp3) is 0.226. The fourth-order valence-corrected chi connectivity index (χ4v) is 4.77. The van der Waals surface area contributed by atoms with E-state index in [2.05, 4.69) is 11.4 Å². The van der Waals surface area contributed by atoms with Crippen molar-refractivity contribution in [3.8, 4) is 5.75 Å². The molecule has 1 N–H and O–H groups in total. The van der Waals surface area contributed by atoms with Crippen LogP contribution in [0.2, 0.25) is 0 Å². The van der Waals surface area contributed by atoms with E-state index in [1.165, 1.54) is 6.26 Å². The summed E-state index contributed by atoms with van der Waals surface area (Å²) < 4.78 is 11.5. The minimum absolute atomic E-state index is 0.153. The minimum Gasteiger partial charge on any atom is -0.481 e. The molecule has 0 bridgehead atoms. The highest BCUT2D eigenvalue weighted by atomic mass is 16.5. The SMILES string of the molecule is Cc1ccc(NC(=O)[C@H](C)Oc2ccc3c(c2)[C@H](c2cccc(C)c2)N(C(=O)c2ccco2)CC3)cc1. The van der Waals surface area contributed by atoms with Gasteiger partial charge in [-0.05, 0) is 80.3 Å². The molecular formula is C31H30N2O4. The largest absolute Gasteiger partial charge is 0.481 e. The number of nitrogens with zero attached hydrogens (tertiary/aromatic N) is 1. The van der Waals surface area contributed by atoms with Crippen LogP contribution in [0.1, 0.15) is 51.3 Å². The Labute approximate surface area is 216 Å². The van der Waals surface area contributed by atoms with Crippen molar-refractivity contribution in [3.05, 3.63) is 119 Å². The fourth-order valence-electron chi connectivity index (χ4n) is 4.77. The van der Waals surface area contributed by atoms with Crippen LogP contribution in [0.25, 0.3) is 0 Å². The molecule has 1 aromatic heterocycles. The molecule has 0 radical (unpaired) electrons. The lowest BCUT2D eigenvalue weighted by Crippen LogP contribution is -2.40. The maximum absolute atomic E-state index is 13.4. The Morgan fingerprint density at radius 3 is 2.51 bits per heavy atom. The van der Waals surface area contributed by atoms with Gasteiger partial charge in [0.25, 0.3) is 11.8 Å². The number of anilines is 1. The van der Waals surface area contributed by atoms with Gasteiger partial charge in [-0.1, -0.05) is 53.6 Å². The van der Waals surface area contributed by atoms with Gasteiger partial charge >= 0.3 is 0 Å². The molecule has 0 unspecified atom stereocenters. The average molecular weight is 495 g/mol. The van der Waals surface area contributed by atoms with E-state index in [9.17, 15) is 9.59 Å². The van der Waals surface area contributed by atoms with Crippen LogP contribution in [0.15, 0.2) is 89.5 Å². The summed E-state index contributed by atoms with van der Waals surface area (Å²) in [6, 6.07) is 24.8. The molecule has 2 amide bonds. The lowest BCUT2D eigenvalue weighted by Gasteiger charge is -2.37. The van der Waals surface area contributed by atoms with E-state index in [1.54, 1.807) is 19.1 Å². The first-order valence-electron chi connectivity index (χ1n) is 12.5. The molecule has 1 aliphatic heterocycles. The molecule has 0 saturated heterocycles. The molecule has 2 atom stereocenters. The highest BCUT2D eigenvalue weighted by Gasteiger charge is 2.34. The van der Waals surface area contributed by atoms with Gasteiger partial charge in [0.05, 0.1) is 12.3 Å². The summed E-state index contributed by atoms with van der Waals surface area (Å²) in [6.45, 7) is 6.34. The van der Waals surface area contributed by atoms with Gasteiger partial charge in [0.15, 0.2) is 11.9 Å². The van der Waals surface area contributed by atoms with Crippen LogP contribution in [0.3, 0.4) is 0 Å². The summed E-state index contributed by atoms with van der Waals surface area (Å²) in [4.78, 5) is 28.1. The number of hydrogen-bond acceptors (Lipinski definition) is 4. The molecule has 4 aromatic rings. The Morgan fingerprint density at radius 1 is 0.973 bits per heavy atom. The van der Waals surface area contributed by atoms with Crippen LogP contribution < -0.4 is 10.1 Å². The van der Waals surface area contributed by atoms with Crippen LogP contribution >= 0.6 is 0 Å². The molecule has 3 aromatic carbocycles. The van der Waals surface area contributed by atoms with Gasteiger partial charge in [-0.25, -0.2) is 0 Å². The number of carbonyl (C=O) groups excluding carboxylic acids is 2. The summed E-state index contributed by atoms with van der Waals surface area (Å²) in [5.41, 5.74) is 6.12. The summed E-state index contributed by atoms with van der Waals surface area (Å²) in [6.07, 6.45) is 1.52. The van der Waals surface area contributed by atoms with Crippen LogP contribution in [0.5, 0.6) is 5.75 Å². The first-order chi connectivity index (χ1) is 17.9. The molecule has 6 heteroatoms. The third-order valence-electron chi connectivity index (χ3n) is 6.70. The van der Waals surface area contributed by atoms with Crippen LogP contribution in [-0.2, 0) is 11.2 Å². The van der Waals surface area contributed by atoms with E-state index in [0.29, 0.717) is 24.5 Å². The second-order valence-corrected chi connectivity index (χ2v) is 9.52. The molecule has 0 saturated carbocycles. The number of amides is 2. The second-order valence-electron chi connectivity index (χ2n) is 9.52. The molecule has 0 spiro atoms. The number of ether oxygens (including phenoxy) is 1. The van der Waals surface area contributed by atoms with Crippen molar-refractivity contribution in [1.82, 2.24) is 4.90 Å². The predicted molar refractivity (Wildman–Crippen MR) is 143 cm³/mol. The lowest BCUT2D eigenvalue weighted by atomic mass is 9.87. The number of carbonyl (C=O) groups is 2. The summed E-state index contributed by atoms with van der Waals surface area (Å²) in [7, 11) is 0. The van der Waals surface area contributed by atoms with Crippen molar-refractivity contribution in [3.63, 3.8) is 0 Å². The Morgan fingerprint density at radius 2 is 1.78 bits per heavy atom. The Balaban J connectivity index is 1.43. The zero-order valence-electron chi connectivity index (χ0n) is 21.2. The van der Waals surface area contributed by atoms with E-state index in [1.807, 2.05) is 79.4 Å². The zero-order chi connectivity index (χ0) is 25.9. The van der Waals surface area contributed by atoms with Crippen molar-refractivity contribution in [2.45, 2.75) is 39.3 Å². The van der Waals surface area contributed by atoms with Crippen molar-refractivity contribution < 1.29 is 18.7 Å². The van der Waals surface area contributed by atoms with Gasteiger partial charge in [0.2, 0.25) is 0 Å². The maximum atomic E-state index is 13.4. The molecule has 188 valence electrons. The molecule has 1 aliphatic rings. The third-order valence-corrected chi connectivity index (χ3v) is 6.70. The first-order valence-corrected chi connectivity index (χ1v) is 12.5. The number of rotatable bonds is 6. The maximum Gasteiger partial charge on any atom is 0.290 e. The van der Waals surface area contributed by atoms with Gasteiger partial charge in [0, 0.05) is 12.2 Å². The Bertz CT molecular complexity index is 1410. The van der Waals surface area contributed by atoms with E-state index in [4.69, 9.17) is 9.15 Å². The standard InChI is InChI=1S/C31H30N2O4/c1-20-9-12-25(13-10-20)32-30(34)22(3)37-26-14-11-23-15-16-33(31(35)28-8-5-17-36-28)29(27(23)19-26)24-7-4-6-21(2)18-24/h4-14,17-19,22,29H,15-16H2,1-3H3,(H,32,34)/t22-,29-/m0/s1. The van der Waals surface area contributed by atoms with Gasteiger partial charge in [-0.2, -0.15) is 0 Å². The van der Waals surface area contributed by atoms with Crippen LogP contribution in [0.4, 0.5) is 5.69 Å². The first kappa shape index (κ1) is 24.4. The zero-order valence-corrected chi connectivity index (χ0v) is 21.2. The topological polar surface area (TPSA) is 71.8 Å². The Kier molecular flexibility index (Phi) is 6.82. The lowest BCUT2D eigenvalue weighted by molar-refractivity contribution is -0.122. The average Bonchev–Trinajstić information content (AvgIpc) is 3.44. The van der Waals surface area contributed by atoms with Crippen molar-refractivity contribution in [2.24, 2.45) is 0 Å². The van der Waals surface area contributed by atoms with E-state index < -0.39 is 6.10 Å². The van der Waals surface area contributed by atoms with Gasteiger partial charge in [-0.15, -0.1) is 0 Å². The highest BCUT2D eigenvalue weighted by molar-refractivity contribution is 5.94. The van der Waals surface area contributed by atoms with E-state index >= 15 is 0 Å². The van der Waals surface area contributed by atoms with Gasteiger partial charge < -0.3 is 19.4 Å². The molecule has 6 nitrogen and oxygen atoms in total. The third kappa shape index (κ3) is 5.28. The number of benzene rings is 3. The number of hydrogen-bond donors (Lipinski definition) is 1. The van der Waals surface area contributed by atoms with Crippen molar-refractivity contribution in [1.29, 1.82) is 0 Å². The summed E-state index contributed by atoms with van der Waals surface area (Å²) >= 11 is 0.